The molecule has 124 valence electrons. The SMILES string of the molecule is COc1ccccc1C(=O)[C@H]1CCCN(C(=O)C2CCCC2)C1. The van der Waals surface area contributed by atoms with Gasteiger partial charge in [-0.25, -0.2) is 0 Å². The molecular formula is C19H25NO3. The first-order valence-corrected chi connectivity index (χ1v) is 8.66. The highest BCUT2D eigenvalue weighted by molar-refractivity contribution is 6.00. The van der Waals surface area contributed by atoms with Crippen molar-refractivity contribution in [3.05, 3.63) is 29.8 Å². The second-order valence-electron chi connectivity index (χ2n) is 6.67. The molecule has 0 bridgehead atoms. The Kier molecular flexibility index (Phi) is 4.99. The summed E-state index contributed by atoms with van der Waals surface area (Å²) in [5, 5.41) is 0. The van der Waals surface area contributed by atoms with Crippen LogP contribution < -0.4 is 4.74 Å². The van der Waals surface area contributed by atoms with Gasteiger partial charge in [0, 0.05) is 24.9 Å². The Bertz CT molecular complexity index is 578. The fourth-order valence-electron chi connectivity index (χ4n) is 3.89. The van der Waals surface area contributed by atoms with Crippen molar-refractivity contribution in [3.8, 4) is 5.75 Å². The summed E-state index contributed by atoms with van der Waals surface area (Å²) in [5.41, 5.74) is 0.634. The van der Waals surface area contributed by atoms with Crippen molar-refractivity contribution in [2.24, 2.45) is 11.8 Å². The van der Waals surface area contributed by atoms with E-state index in [1.165, 1.54) is 0 Å². The molecule has 3 rings (SSSR count). The zero-order valence-electron chi connectivity index (χ0n) is 13.8. The predicted octanol–water partition coefficient (Wildman–Crippen LogP) is 3.31. The van der Waals surface area contributed by atoms with Gasteiger partial charge < -0.3 is 9.64 Å². The molecule has 1 aliphatic heterocycles. The Balaban J connectivity index is 1.70. The van der Waals surface area contributed by atoms with Crippen LogP contribution in [0.5, 0.6) is 5.75 Å². The van der Waals surface area contributed by atoms with E-state index in [9.17, 15) is 9.59 Å². The predicted molar refractivity (Wildman–Crippen MR) is 88.6 cm³/mol. The second kappa shape index (κ2) is 7.16. The summed E-state index contributed by atoms with van der Waals surface area (Å²) in [7, 11) is 1.59. The van der Waals surface area contributed by atoms with Gasteiger partial charge in [-0.2, -0.15) is 0 Å². The molecule has 1 amide bonds. The molecule has 2 fully saturated rings. The highest BCUT2D eigenvalue weighted by atomic mass is 16.5. The van der Waals surface area contributed by atoms with Gasteiger partial charge >= 0.3 is 0 Å². The number of hydrogen-bond donors (Lipinski definition) is 0. The highest BCUT2D eigenvalue weighted by Gasteiger charge is 2.33. The summed E-state index contributed by atoms with van der Waals surface area (Å²) < 4.78 is 5.31. The molecule has 1 atom stereocenters. The molecule has 4 heteroatoms. The van der Waals surface area contributed by atoms with Crippen molar-refractivity contribution in [1.29, 1.82) is 0 Å². The van der Waals surface area contributed by atoms with E-state index >= 15 is 0 Å². The molecule has 4 nitrogen and oxygen atoms in total. The molecule has 0 spiro atoms. The average Bonchev–Trinajstić information content (AvgIpc) is 3.15. The minimum absolute atomic E-state index is 0.103. The number of benzene rings is 1. The zero-order chi connectivity index (χ0) is 16.2. The van der Waals surface area contributed by atoms with E-state index in [0.717, 1.165) is 45.1 Å². The lowest BCUT2D eigenvalue weighted by Gasteiger charge is -2.33. The zero-order valence-corrected chi connectivity index (χ0v) is 13.8. The molecule has 0 unspecified atom stereocenters. The monoisotopic (exact) mass is 315 g/mol. The third-order valence-corrected chi connectivity index (χ3v) is 5.18. The van der Waals surface area contributed by atoms with Crippen molar-refractivity contribution in [1.82, 2.24) is 4.90 Å². The number of rotatable bonds is 4. The minimum Gasteiger partial charge on any atom is -0.496 e. The molecule has 23 heavy (non-hydrogen) atoms. The van der Waals surface area contributed by atoms with Crippen LogP contribution in [0, 0.1) is 11.8 Å². The Morgan fingerprint density at radius 2 is 1.74 bits per heavy atom. The molecule has 0 N–H and O–H groups in total. The van der Waals surface area contributed by atoms with E-state index in [-0.39, 0.29) is 23.5 Å². The lowest BCUT2D eigenvalue weighted by Crippen LogP contribution is -2.44. The van der Waals surface area contributed by atoms with Gasteiger partial charge in [0.25, 0.3) is 0 Å². The maximum absolute atomic E-state index is 12.9. The molecule has 1 heterocycles. The number of amides is 1. The van der Waals surface area contributed by atoms with Crippen molar-refractivity contribution in [2.45, 2.75) is 38.5 Å². The van der Waals surface area contributed by atoms with Crippen LogP contribution in [0.1, 0.15) is 48.9 Å². The van der Waals surface area contributed by atoms with E-state index in [4.69, 9.17) is 4.74 Å². The second-order valence-corrected chi connectivity index (χ2v) is 6.67. The van der Waals surface area contributed by atoms with Crippen LogP contribution in [-0.2, 0) is 4.79 Å². The number of carbonyl (C=O) groups excluding carboxylic acids is 2. The number of Topliss-reactive ketones (excluding diaryl/α,β-unsaturated/α-hetero) is 1. The fourth-order valence-corrected chi connectivity index (χ4v) is 3.89. The lowest BCUT2D eigenvalue weighted by atomic mass is 9.89. The van der Waals surface area contributed by atoms with Crippen LogP contribution in [0.15, 0.2) is 24.3 Å². The largest absolute Gasteiger partial charge is 0.496 e. The van der Waals surface area contributed by atoms with Crippen molar-refractivity contribution in [3.63, 3.8) is 0 Å². The van der Waals surface area contributed by atoms with Crippen LogP contribution in [0.4, 0.5) is 0 Å². The Labute approximate surface area is 137 Å². The number of likely N-dealkylation sites (tertiary alicyclic amines) is 1. The molecule has 2 aliphatic rings. The van der Waals surface area contributed by atoms with E-state index in [0.29, 0.717) is 17.9 Å². The fraction of sp³-hybridized carbons (Fsp3) is 0.579. The summed E-state index contributed by atoms with van der Waals surface area (Å²) in [6.45, 7) is 1.36. The Hall–Kier alpha value is -1.84. The van der Waals surface area contributed by atoms with Crippen molar-refractivity contribution >= 4 is 11.7 Å². The van der Waals surface area contributed by atoms with E-state index in [1.807, 2.05) is 29.2 Å². The summed E-state index contributed by atoms with van der Waals surface area (Å²) in [4.78, 5) is 27.4. The number of para-hydroxylation sites is 1. The third kappa shape index (κ3) is 3.41. The molecule has 1 aromatic rings. The van der Waals surface area contributed by atoms with Crippen LogP contribution in [0.2, 0.25) is 0 Å². The van der Waals surface area contributed by atoms with Gasteiger partial charge in [0.2, 0.25) is 5.91 Å². The van der Waals surface area contributed by atoms with Gasteiger partial charge in [0.1, 0.15) is 5.75 Å². The third-order valence-electron chi connectivity index (χ3n) is 5.18. The highest BCUT2D eigenvalue weighted by Crippen LogP contribution is 2.30. The van der Waals surface area contributed by atoms with Gasteiger partial charge in [-0.3, -0.25) is 9.59 Å². The first kappa shape index (κ1) is 16.0. The van der Waals surface area contributed by atoms with Crippen LogP contribution in [0.25, 0.3) is 0 Å². The Morgan fingerprint density at radius 1 is 1.04 bits per heavy atom. The van der Waals surface area contributed by atoms with Crippen LogP contribution in [0.3, 0.4) is 0 Å². The molecule has 0 aromatic heterocycles. The first-order valence-electron chi connectivity index (χ1n) is 8.66. The van der Waals surface area contributed by atoms with E-state index < -0.39 is 0 Å². The van der Waals surface area contributed by atoms with Gasteiger partial charge in [0.15, 0.2) is 5.78 Å². The smallest absolute Gasteiger partial charge is 0.225 e. The summed E-state index contributed by atoms with van der Waals surface area (Å²) in [5.74, 6) is 1.07. The van der Waals surface area contributed by atoms with E-state index in [1.54, 1.807) is 7.11 Å². The maximum atomic E-state index is 12.9. The maximum Gasteiger partial charge on any atom is 0.225 e. The lowest BCUT2D eigenvalue weighted by molar-refractivity contribution is -0.136. The number of ketones is 1. The average molecular weight is 315 g/mol. The summed E-state index contributed by atoms with van der Waals surface area (Å²) >= 11 is 0. The number of methoxy groups -OCH3 is 1. The number of piperidine rings is 1. The van der Waals surface area contributed by atoms with Gasteiger partial charge in [-0.15, -0.1) is 0 Å². The van der Waals surface area contributed by atoms with Gasteiger partial charge in [-0.1, -0.05) is 25.0 Å². The van der Waals surface area contributed by atoms with Gasteiger partial charge in [0.05, 0.1) is 12.7 Å². The molecule has 1 aliphatic carbocycles. The number of carbonyl (C=O) groups is 2. The first-order chi connectivity index (χ1) is 11.2. The molecular weight excluding hydrogens is 290 g/mol. The van der Waals surface area contributed by atoms with Crippen LogP contribution in [-0.4, -0.2) is 36.8 Å². The molecule has 1 saturated heterocycles. The van der Waals surface area contributed by atoms with Crippen LogP contribution >= 0.6 is 0 Å². The van der Waals surface area contributed by atoms with E-state index in [2.05, 4.69) is 0 Å². The topological polar surface area (TPSA) is 46.6 Å². The standard InChI is InChI=1S/C19H25NO3/c1-23-17-11-5-4-10-16(17)18(21)15-9-6-12-20(13-15)19(22)14-7-2-3-8-14/h4-5,10-11,14-15H,2-3,6-9,12-13H2,1H3/t15-/m0/s1. The summed E-state index contributed by atoms with van der Waals surface area (Å²) in [6.07, 6.45) is 6.11. The molecule has 0 radical (unpaired) electrons. The normalized spacial score (nSPS) is 22.1. The van der Waals surface area contributed by atoms with Crippen molar-refractivity contribution in [2.75, 3.05) is 20.2 Å². The van der Waals surface area contributed by atoms with Gasteiger partial charge in [-0.05, 0) is 37.8 Å². The summed E-state index contributed by atoms with van der Waals surface area (Å²) in [6, 6.07) is 7.36. The Morgan fingerprint density at radius 3 is 2.48 bits per heavy atom. The number of nitrogens with zero attached hydrogens (tertiary/aromatic N) is 1. The molecule has 1 aromatic carbocycles. The number of hydrogen-bond acceptors (Lipinski definition) is 3. The minimum atomic E-state index is -0.106. The number of ether oxygens (including phenoxy) is 1. The van der Waals surface area contributed by atoms with Crippen molar-refractivity contribution < 1.29 is 14.3 Å². The quantitative estimate of drug-likeness (QED) is 0.801. The molecule has 1 saturated carbocycles.